The van der Waals surface area contributed by atoms with E-state index in [2.05, 4.69) is 0 Å². The highest BCUT2D eigenvalue weighted by Crippen LogP contribution is 2.28. The summed E-state index contributed by atoms with van der Waals surface area (Å²) < 4.78 is 5.31. The van der Waals surface area contributed by atoms with Crippen molar-refractivity contribution in [2.75, 3.05) is 5.73 Å². The molecular formula is C16H19NO2S. The Bertz CT molecular complexity index is 597. The minimum atomic E-state index is -0.469. The van der Waals surface area contributed by atoms with E-state index in [9.17, 15) is 4.79 Å². The van der Waals surface area contributed by atoms with E-state index in [4.69, 9.17) is 10.5 Å². The number of carbonyl (C=O) groups is 1. The molecule has 3 nitrogen and oxygen atoms in total. The number of ether oxygens (including phenoxy) is 1. The van der Waals surface area contributed by atoms with E-state index >= 15 is 0 Å². The first-order valence-electron chi connectivity index (χ1n) is 6.49. The van der Waals surface area contributed by atoms with E-state index in [1.807, 2.05) is 56.5 Å². The maximum absolute atomic E-state index is 11.8. The summed E-state index contributed by atoms with van der Waals surface area (Å²) in [5.41, 5.74) is 8.07. The molecule has 0 bridgehead atoms. The highest BCUT2D eigenvalue weighted by molar-refractivity contribution is 7.13. The van der Waals surface area contributed by atoms with Gasteiger partial charge in [0.15, 0.2) is 0 Å². The molecule has 106 valence electrons. The van der Waals surface area contributed by atoms with Crippen LogP contribution in [0.15, 0.2) is 35.7 Å². The van der Waals surface area contributed by atoms with Crippen LogP contribution in [0.3, 0.4) is 0 Å². The summed E-state index contributed by atoms with van der Waals surface area (Å²) in [6, 6.07) is 9.85. The molecule has 4 heteroatoms. The van der Waals surface area contributed by atoms with Gasteiger partial charge >= 0.3 is 5.97 Å². The fourth-order valence-electron chi connectivity index (χ4n) is 1.89. The fourth-order valence-corrected chi connectivity index (χ4v) is 2.61. The Hall–Kier alpha value is -1.81. The van der Waals surface area contributed by atoms with E-state index in [1.165, 1.54) is 4.88 Å². The first-order chi connectivity index (χ1) is 9.35. The van der Waals surface area contributed by atoms with Gasteiger partial charge in [0.25, 0.3) is 0 Å². The van der Waals surface area contributed by atoms with Crippen molar-refractivity contribution < 1.29 is 9.53 Å². The first-order valence-corrected chi connectivity index (χ1v) is 7.37. The number of benzene rings is 1. The third kappa shape index (κ3) is 3.84. The van der Waals surface area contributed by atoms with Crippen molar-refractivity contribution in [2.45, 2.75) is 32.8 Å². The van der Waals surface area contributed by atoms with Gasteiger partial charge in [-0.2, -0.15) is 0 Å². The minimum Gasteiger partial charge on any atom is -0.460 e. The van der Waals surface area contributed by atoms with Gasteiger partial charge in [0.05, 0.1) is 6.42 Å². The summed E-state index contributed by atoms with van der Waals surface area (Å²) in [4.78, 5) is 13.0. The molecule has 1 aromatic carbocycles. The number of carbonyl (C=O) groups excluding carboxylic acids is 1. The van der Waals surface area contributed by atoms with Gasteiger partial charge in [0, 0.05) is 10.6 Å². The second-order valence-electron chi connectivity index (χ2n) is 5.65. The fraction of sp³-hybridized carbons (Fsp3) is 0.312. The summed E-state index contributed by atoms with van der Waals surface area (Å²) in [6.45, 7) is 5.57. The highest BCUT2D eigenvalue weighted by Gasteiger charge is 2.17. The van der Waals surface area contributed by atoms with E-state index in [0.29, 0.717) is 5.69 Å². The van der Waals surface area contributed by atoms with Gasteiger partial charge in [0.2, 0.25) is 0 Å². The van der Waals surface area contributed by atoms with Crippen molar-refractivity contribution in [3.05, 3.63) is 41.3 Å². The number of esters is 1. The van der Waals surface area contributed by atoms with E-state index in [-0.39, 0.29) is 12.4 Å². The monoisotopic (exact) mass is 289 g/mol. The molecule has 0 aliphatic heterocycles. The topological polar surface area (TPSA) is 52.3 Å². The smallest absolute Gasteiger partial charge is 0.310 e. The molecule has 0 unspecified atom stereocenters. The summed E-state index contributed by atoms with van der Waals surface area (Å²) in [6.07, 6.45) is 0.202. The number of nitrogen functional groups attached to an aromatic ring is 1. The zero-order chi connectivity index (χ0) is 14.8. The molecule has 0 aliphatic carbocycles. The lowest BCUT2D eigenvalue weighted by molar-refractivity contribution is -0.153. The third-order valence-corrected chi connectivity index (χ3v) is 3.63. The molecule has 1 heterocycles. The Balaban J connectivity index is 2.13. The number of hydrogen-bond donors (Lipinski definition) is 1. The van der Waals surface area contributed by atoms with Crippen LogP contribution in [0.1, 0.15) is 26.3 Å². The Morgan fingerprint density at radius 2 is 2.05 bits per heavy atom. The molecule has 0 fully saturated rings. The maximum Gasteiger partial charge on any atom is 0.310 e. The lowest BCUT2D eigenvalue weighted by atomic mass is 10.1. The van der Waals surface area contributed by atoms with Gasteiger partial charge in [-0.1, -0.05) is 18.2 Å². The quantitative estimate of drug-likeness (QED) is 0.689. The molecule has 2 rings (SSSR count). The van der Waals surface area contributed by atoms with Crippen molar-refractivity contribution in [1.29, 1.82) is 0 Å². The minimum absolute atomic E-state index is 0.202. The molecule has 0 spiro atoms. The number of anilines is 1. The number of hydrogen-bond acceptors (Lipinski definition) is 4. The average molecular weight is 289 g/mol. The van der Waals surface area contributed by atoms with Gasteiger partial charge in [0.1, 0.15) is 5.60 Å². The molecule has 0 aliphatic rings. The van der Waals surface area contributed by atoms with Crippen LogP contribution >= 0.6 is 11.3 Å². The molecule has 0 radical (unpaired) electrons. The molecule has 0 saturated carbocycles. The second kappa shape index (κ2) is 5.67. The van der Waals surface area contributed by atoms with Gasteiger partial charge in [-0.25, -0.2) is 0 Å². The average Bonchev–Trinajstić information content (AvgIpc) is 2.82. The Morgan fingerprint density at radius 3 is 2.60 bits per heavy atom. The zero-order valence-corrected chi connectivity index (χ0v) is 12.8. The van der Waals surface area contributed by atoms with Crippen molar-refractivity contribution >= 4 is 23.0 Å². The van der Waals surface area contributed by atoms with Crippen molar-refractivity contribution in [1.82, 2.24) is 0 Å². The molecule has 0 atom stereocenters. The van der Waals surface area contributed by atoms with Crippen LogP contribution in [0.25, 0.3) is 10.4 Å². The maximum atomic E-state index is 11.8. The van der Waals surface area contributed by atoms with Crippen LogP contribution < -0.4 is 5.73 Å². The normalized spacial score (nSPS) is 11.3. The van der Waals surface area contributed by atoms with Crippen molar-refractivity contribution in [2.24, 2.45) is 0 Å². The molecule has 0 amide bonds. The largest absolute Gasteiger partial charge is 0.460 e. The lowest BCUT2D eigenvalue weighted by Crippen LogP contribution is -2.25. The second-order valence-corrected chi connectivity index (χ2v) is 6.60. The van der Waals surface area contributed by atoms with Crippen LogP contribution in [-0.2, 0) is 16.0 Å². The molecule has 2 N–H and O–H groups in total. The Kier molecular flexibility index (Phi) is 4.14. The molecule has 1 aromatic heterocycles. The van der Waals surface area contributed by atoms with E-state index < -0.39 is 5.60 Å². The van der Waals surface area contributed by atoms with Crippen molar-refractivity contribution in [3.8, 4) is 10.4 Å². The van der Waals surface area contributed by atoms with Gasteiger partial charge < -0.3 is 10.5 Å². The Labute approximate surface area is 123 Å². The standard InChI is InChI=1S/C16H19NO2S/c1-16(2,3)19-15(18)10-11-6-7-12(9-13(11)17)14-5-4-8-20-14/h4-9H,10,17H2,1-3H3. The van der Waals surface area contributed by atoms with Crippen LogP contribution in [0.2, 0.25) is 0 Å². The molecular weight excluding hydrogens is 270 g/mol. The van der Waals surface area contributed by atoms with Crippen LogP contribution in [0.5, 0.6) is 0 Å². The van der Waals surface area contributed by atoms with Crippen LogP contribution in [0.4, 0.5) is 5.69 Å². The van der Waals surface area contributed by atoms with E-state index in [1.54, 1.807) is 11.3 Å². The predicted molar refractivity (Wildman–Crippen MR) is 83.7 cm³/mol. The summed E-state index contributed by atoms with van der Waals surface area (Å²) in [5, 5.41) is 2.03. The SMILES string of the molecule is CC(C)(C)OC(=O)Cc1ccc(-c2cccs2)cc1N. The van der Waals surface area contributed by atoms with Crippen LogP contribution in [0, 0.1) is 0 Å². The first kappa shape index (κ1) is 14.6. The molecule has 20 heavy (non-hydrogen) atoms. The van der Waals surface area contributed by atoms with E-state index in [0.717, 1.165) is 11.1 Å². The zero-order valence-electron chi connectivity index (χ0n) is 12.0. The molecule has 0 saturated heterocycles. The Morgan fingerprint density at radius 1 is 1.30 bits per heavy atom. The molecule has 2 aromatic rings. The van der Waals surface area contributed by atoms with Gasteiger partial charge in [-0.3, -0.25) is 4.79 Å². The van der Waals surface area contributed by atoms with Crippen LogP contribution in [-0.4, -0.2) is 11.6 Å². The third-order valence-electron chi connectivity index (χ3n) is 2.71. The number of thiophene rings is 1. The summed E-state index contributed by atoms with van der Waals surface area (Å²) >= 11 is 1.67. The van der Waals surface area contributed by atoms with Crippen molar-refractivity contribution in [3.63, 3.8) is 0 Å². The van der Waals surface area contributed by atoms with Gasteiger partial charge in [-0.15, -0.1) is 11.3 Å². The van der Waals surface area contributed by atoms with Gasteiger partial charge in [-0.05, 0) is 49.4 Å². The summed E-state index contributed by atoms with van der Waals surface area (Å²) in [5.74, 6) is -0.256. The summed E-state index contributed by atoms with van der Waals surface area (Å²) in [7, 11) is 0. The number of rotatable bonds is 3. The predicted octanol–water partition coefficient (Wildman–Crippen LogP) is 3.88. The highest BCUT2D eigenvalue weighted by atomic mass is 32.1. The lowest BCUT2D eigenvalue weighted by Gasteiger charge is -2.19. The number of nitrogens with two attached hydrogens (primary N) is 1.